The molecule has 1 amide bonds. The first kappa shape index (κ1) is 22.7. The molecule has 3 aromatic rings. The number of amides is 1. The van der Waals surface area contributed by atoms with Crippen molar-refractivity contribution >= 4 is 38.9 Å². The van der Waals surface area contributed by atoms with Gasteiger partial charge in [0.2, 0.25) is 10.0 Å². The molecule has 0 aliphatic carbocycles. The Kier molecular flexibility index (Phi) is 6.80. The Morgan fingerprint density at radius 2 is 1.84 bits per heavy atom. The maximum atomic E-state index is 12.9. The quantitative estimate of drug-likeness (QED) is 0.523. The van der Waals surface area contributed by atoms with E-state index in [9.17, 15) is 13.2 Å². The van der Waals surface area contributed by atoms with Crippen LogP contribution in [0.2, 0.25) is 5.02 Å². The Labute approximate surface area is 196 Å². The Balaban J connectivity index is 1.34. The predicted octanol–water partition coefficient (Wildman–Crippen LogP) is 3.83. The monoisotopic (exact) mass is 491 g/mol. The molecule has 2 aromatic carbocycles. The van der Waals surface area contributed by atoms with Gasteiger partial charge in [0.15, 0.2) is 0 Å². The van der Waals surface area contributed by atoms with Crippen molar-refractivity contribution in [2.75, 3.05) is 26.2 Å². The lowest BCUT2D eigenvalue weighted by Gasteiger charge is -2.34. The van der Waals surface area contributed by atoms with Gasteiger partial charge in [-0.2, -0.15) is 4.31 Å². The summed E-state index contributed by atoms with van der Waals surface area (Å²) in [7, 11) is -3.64. The number of sulfonamides is 1. The molecule has 0 bridgehead atoms. The Morgan fingerprint density at radius 1 is 1.12 bits per heavy atom. The van der Waals surface area contributed by atoms with E-state index in [-0.39, 0.29) is 23.9 Å². The molecule has 1 saturated heterocycles. The van der Waals surface area contributed by atoms with Gasteiger partial charge in [-0.25, -0.2) is 13.4 Å². The molecule has 0 spiro atoms. The molecular formula is C22H22ClN3O4S2. The van der Waals surface area contributed by atoms with Gasteiger partial charge < -0.3 is 9.64 Å². The number of rotatable bonds is 6. The van der Waals surface area contributed by atoms with Crippen molar-refractivity contribution in [2.24, 2.45) is 0 Å². The van der Waals surface area contributed by atoms with Crippen molar-refractivity contribution in [3.63, 3.8) is 0 Å². The van der Waals surface area contributed by atoms with Crippen molar-refractivity contribution < 1.29 is 17.9 Å². The maximum Gasteiger partial charge on any atom is 0.253 e. The minimum atomic E-state index is -3.64. The number of carbonyl (C=O) groups excluding carboxylic acids is 1. The van der Waals surface area contributed by atoms with E-state index in [1.54, 1.807) is 52.6 Å². The average molecular weight is 492 g/mol. The first-order valence-electron chi connectivity index (χ1n) is 10.0. The summed E-state index contributed by atoms with van der Waals surface area (Å²) in [5.74, 6) is 0.524. The van der Waals surface area contributed by atoms with Crippen LogP contribution in [0.5, 0.6) is 5.75 Å². The molecule has 0 saturated carbocycles. The Hall–Kier alpha value is -2.46. The summed E-state index contributed by atoms with van der Waals surface area (Å²) in [5, 5.41) is 3.32. The van der Waals surface area contributed by atoms with Gasteiger partial charge in [-0.3, -0.25) is 4.79 Å². The van der Waals surface area contributed by atoms with Crippen LogP contribution < -0.4 is 4.74 Å². The average Bonchev–Trinajstić information content (AvgIpc) is 3.23. The minimum Gasteiger partial charge on any atom is -0.487 e. The van der Waals surface area contributed by atoms with Crippen LogP contribution in [-0.2, 0) is 16.6 Å². The van der Waals surface area contributed by atoms with Crippen LogP contribution >= 0.6 is 22.9 Å². The topological polar surface area (TPSA) is 79.8 Å². The molecule has 4 rings (SSSR count). The fourth-order valence-corrected chi connectivity index (χ4v) is 5.74. The van der Waals surface area contributed by atoms with Crippen LogP contribution in [0.3, 0.4) is 0 Å². The molecule has 1 fully saturated rings. The zero-order chi connectivity index (χ0) is 22.7. The molecular weight excluding hydrogens is 470 g/mol. The van der Waals surface area contributed by atoms with Gasteiger partial charge in [-0.05, 0) is 49.4 Å². The van der Waals surface area contributed by atoms with E-state index in [2.05, 4.69) is 4.98 Å². The van der Waals surface area contributed by atoms with Crippen LogP contribution in [0.25, 0.3) is 0 Å². The maximum absolute atomic E-state index is 12.9. The second-order valence-electron chi connectivity index (χ2n) is 7.32. The number of ether oxygens (including phenoxy) is 1. The fourth-order valence-electron chi connectivity index (χ4n) is 3.42. The lowest BCUT2D eigenvalue weighted by molar-refractivity contribution is 0.0698. The lowest BCUT2D eigenvalue weighted by atomic mass is 10.2. The zero-order valence-electron chi connectivity index (χ0n) is 17.4. The summed E-state index contributed by atoms with van der Waals surface area (Å²) in [6.07, 6.45) is 0. The number of hydrogen-bond donors (Lipinski definition) is 0. The molecule has 7 nitrogen and oxygen atoms in total. The number of carbonyl (C=O) groups is 1. The van der Waals surface area contributed by atoms with Crippen LogP contribution in [0.15, 0.2) is 58.8 Å². The highest BCUT2D eigenvalue weighted by Crippen LogP contribution is 2.22. The number of piperazine rings is 1. The zero-order valence-corrected chi connectivity index (χ0v) is 19.8. The van der Waals surface area contributed by atoms with Crippen molar-refractivity contribution in [1.82, 2.24) is 14.2 Å². The number of aryl methyl sites for hydroxylation is 1. The number of nitrogens with zero attached hydrogens (tertiary/aromatic N) is 3. The SMILES string of the molecule is Cc1nc(COc2ccc(C(=O)N3CCN(S(=O)(=O)c4cccc(Cl)c4)CC3)cc2)cs1. The molecule has 0 N–H and O–H groups in total. The van der Waals surface area contributed by atoms with Crippen molar-refractivity contribution in [3.05, 3.63) is 75.2 Å². The number of benzene rings is 2. The molecule has 1 aromatic heterocycles. The third kappa shape index (κ3) is 5.12. The van der Waals surface area contributed by atoms with E-state index in [0.717, 1.165) is 10.7 Å². The third-order valence-corrected chi connectivity index (χ3v) is 8.07. The first-order valence-corrected chi connectivity index (χ1v) is 12.7. The summed E-state index contributed by atoms with van der Waals surface area (Å²) >= 11 is 7.51. The van der Waals surface area contributed by atoms with Crippen LogP contribution in [0, 0.1) is 6.92 Å². The first-order chi connectivity index (χ1) is 15.3. The van der Waals surface area contributed by atoms with Gasteiger partial charge >= 0.3 is 0 Å². The molecule has 1 aliphatic heterocycles. The predicted molar refractivity (Wildman–Crippen MR) is 124 cm³/mol. The molecule has 0 atom stereocenters. The smallest absolute Gasteiger partial charge is 0.253 e. The van der Waals surface area contributed by atoms with E-state index >= 15 is 0 Å². The summed E-state index contributed by atoms with van der Waals surface area (Å²) < 4.78 is 32.8. The second-order valence-corrected chi connectivity index (χ2v) is 10.8. The van der Waals surface area contributed by atoms with E-state index in [1.807, 2.05) is 12.3 Å². The van der Waals surface area contributed by atoms with E-state index in [0.29, 0.717) is 36.0 Å². The highest BCUT2D eigenvalue weighted by Gasteiger charge is 2.30. The molecule has 32 heavy (non-hydrogen) atoms. The largest absolute Gasteiger partial charge is 0.487 e. The molecule has 168 valence electrons. The number of hydrogen-bond acceptors (Lipinski definition) is 6. The van der Waals surface area contributed by atoms with Gasteiger partial charge in [0, 0.05) is 42.1 Å². The molecule has 10 heteroatoms. The van der Waals surface area contributed by atoms with Crippen LogP contribution in [-0.4, -0.2) is 54.7 Å². The van der Waals surface area contributed by atoms with Crippen molar-refractivity contribution in [1.29, 1.82) is 0 Å². The van der Waals surface area contributed by atoms with Gasteiger partial charge in [0.1, 0.15) is 12.4 Å². The normalized spacial score (nSPS) is 15.0. The van der Waals surface area contributed by atoms with Gasteiger partial charge in [-0.1, -0.05) is 17.7 Å². The highest BCUT2D eigenvalue weighted by molar-refractivity contribution is 7.89. The standard InChI is InChI=1S/C22H22ClN3O4S2/c1-16-24-19(15-31-16)14-30-20-7-5-17(6-8-20)22(27)25-9-11-26(12-10-25)32(28,29)21-4-2-3-18(23)13-21/h2-8,13,15H,9-12,14H2,1H3. The van der Waals surface area contributed by atoms with Gasteiger partial charge in [-0.15, -0.1) is 11.3 Å². The minimum absolute atomic E-state index is 0.133. The fraction of sp³-hybridized carbons (Fsp3) is 0.273. The Morgan fingerprint density at radius 3 is 2.47 bits per heavy atom. The van der Waals surface area contributed by atoms with Crippen LogP contribution in [0.4, 0.5) is 0 Å². The Bertz CT molecular complexity index is 1200. The molecule has 0 radical (unpaired) electrons. The van der Waals surface area contributed by atoms with Crippen molar-refractivity contribution in [3.8, 4) is 5.75 Å². The van der Waals surface area contributed by atoms with Crippen LogP contribution in [0.1, 0.15) is 21.1 Å². The molecule has 1 aliphatic rings. The lowest BCUT2D eigenvalue weighted by Crippen LogP contribution is -2.50. The number of thiazole rings is 1. The second kappa shape index (κ2) is 9.58. The van der Waals surface area contributed by atoms with E-state index in [4.69, 9.17) is 16.3 Å². The van der Waals surface area contributed by atoms with E-state index in [1.165, 1.54) is 16.4 Å². The van der Waals surface area contributed by atoms with Crippen molar-refractivity contribution in [2.45, 2.75) is 18.4 Å². The molecule has 0 unspecified atom stereocenters. The highest BCUT2D eigenvalue weighted by atomic mass is 35.5. The van der Waals surface area contributed by atoms with Gasteiger partial charge in [0.05, 0.1) is 15.6 Å². The molecule has 2 heterocycles. The summed E-state index contributed by atoms with van der Waals surface area (Å²) in [4.78, 5) is 19.0. The number of halogens is 1. The number of aromatic nitrogens is 1. The summed E-state index contributed by atoms with van der Waals surface area (Å²) in [6, 6.07) is 13.2. The summed E-state index contributed by atoms with van der Waals surface area (Å²) in [5.41, 5.74) is 1.41. The summed E-state index contributed by atoms with van der Waals surface area (Å²) in [6.45, 7) is 3.42. The third-order valence-electron chi connectivity index (χ3n) is 5.11. The van der Waals surface area contributed by atoms with Gasteiger partial charge in [0.25, 0.3) is 5.91 Å². The van der Waals surface area contributed by atoms with E-state index < -0.39 is 10.0 Å².